The van der Waals surface area contributed by atoms with Gasteiger partial charge in [0.15, 0.2) is 0 Å². The Hall–Kier alpha value is -3.28. The van der Waals surface area contributed by atoms with Gasteiger partial charge < -0.3 is 5.73 Å². The van der Waals surface area contributed by atoms with E-state index in [1.807, 2.05) is 18.2 Å². The molecule has 6 heteroatoms. The second-order valence-corrected chi connectivity index (χ2v) is 4.73. The van der Waals surface area contributed by atoms with Crippen molar-refractivity contribution in [1.29, 1.82) is 0 Å². The fraction of sp³-hybridized carbons (Fsp3) is 0. The van der Waals surface area contributed by atoms with Crippen LogP contribution < -0.4 is 5.73 Å². The number of non-ortho nitro benzene ring substituents is 1. The number of hydrogen-bond donors (Lipinski definition) is 1. The van der Waals surface area contributed by atoms with Crippen LogP contribution in [0.25, 0.3) is 22.0 Å². The van der Waals surface area contributed by atoms with Gasteiger partial charge >= 0.3 is 0 Å². The van der Waals surface area contributed by atoms with E-state index in [4.69, 9.17) is 5.73 Å². The summed E-state index contributed by atoms with van der Waals surface area (Å²) >= 11 is 0. The van der Waals surface area contributed by atoms with Gasteiger partial charge in [0.1, 0.15) is 0 Å². The van der Waals surface area contributed by atoms with Gasteiger partial charge in [0, 0.05) is 40.4 Å². The number of aromatic nitrogens is 1. The minimum atomic E-state index is -0.641. The Labute approximate surface area is 125 Å². The van der Waals surface area contributed by atoms with Gasteiger partial charge in [0.05, 0.1) is 10.4 Å². The Morgan fingerprint density at radius 2 is 1.86 bits per heavy atom. The van der Waals surface area contributed by atoms with E-state index >= 15 is 0 Å². The van der Waals surface area contributed by atoms with Crippen molar-refractivity contribution in [2.45, 2.75) is 0 Å². The molecule has 3 rings (SSSR count). The van der Waals surface area contributed by atoms with E-state index in [9.17, 15) is 14.9 Å². The number of nitro groups is 1. The number of fused-ring (bicyclic) bond motifs is 1. The number of pyridine rings is 1. The molecule has 0 fully saturated rings. The van der Waals surface area contributed by atoms with Crippen molar-refractivity contribution >= 4 is 22.5 Å². The Morgan fingerprint density at radius 1 is 1.09 bits per heavy atom. The fourth-order valence-electron chi connectivity index (χ4n) is 2.41. The molecular formula is C16H11N3O3. The summed E-state index contributed by atoms with van der Waals surface area (Å²) in [7, 11) is 0. The van der Waals surface area contributed by atoms with Crippen molar-refractivity contribution in [2.75, 3.05) is 0 Å². The first-order chi connectivity index (χ1) is 10.6. The fourth-order valence-corrected chi connectivity index (χ4v) is 2.41. The number of primary amides is 1. The lowest BCUT2D eigenvalue weighted by Gasteiger charge is -2.09. The number of nitrogens with two attached hydrogens (primary N) is 1. The smallest absolute Gasteiger partial charge is 0.270 e. The Balaban J connectivity index is 2.35. The lowest BCUT2D eigenvalue weighted by atomic mass is 9.96. The zero-order valence-corrected chi connectivity index (χ0v) is 11.4. The quantitative estimate of drug-likeness (QED) is 0.592. The van der Waals surface area contributed by atoms with E-state index in [1.165, 1.54) is 18.2 Å². The van der Waals surface area contributed by atoms with Crippen LogP contribution in [0.1, 0.15) is 10.4 Å². The predicted molar refractivity (Wildman–Crippen MR) is 82.4 cm³/mol. The van der Waals surface area contributed by atoms with E-state index in [1.54, 1.807) is 18.3 Å². The molecular weight excluding hydrogens is 282 g/mol. The Bertz CT molecular complexity index is 901. The molecule has 0 saturated heterocycles. The number of nitrogens with zero attached hydrogens (tertiary/aromatic N) is 2. The summed E-state index contributed by atoms with van der Waals surface area (Å²) in [6, 6.07) is 13.1. The normalized spacial score (nSPS) is 10.5. The molecule has 0 aliphatic carbocycles. The van der Waals surface area contributed by atoms with E-state index in [2.05, 4.69) is 4.98 Å². The van der Waals surface area contributed by atoms with Gasteiger partial charge in [-0.2, -0.15) is 0 Å². The van der Waals surface area contributed by atoms with E-state index in [0.29, 0.717) is 16.6 Å². The number of para-hydroxylation sites is 1. The largest absolute Gasteiger partial charge is 0.366 e. The molecule has 2 aromatic carbocycles. The first-order valence-corrected chi connectivity index (χ1v) is 6.50. The lowest BCUT2D eigenvalue weighted by molar-refractivity contribution is -0.384. The maximum Gasteiger partial charge on any atom is 0.270 e. The molecule has 0 spiro atoms. The number of carbonyl (C=O) groups excluding carboxylic acids is 1. The molecule has 3 aromatic rings. The highest BCUT2D eigenvalue weighted by Gasteiger charge is 2.17. The molecule has 0 saturated carbocycles. The molecule has 0 atom stereocenters. The predicted octanol–water partition coefficient (Wildman–Crippen LogP) is 2.91. The number of nitro benzene ring substituents is 1. The van der Waals surface area contributed by atoms with E-state index in [-0.39, 0.29) is 11.3 Å². The molecule has 1 heterocycles. The minimum absolute atomic E-state index is 0.104. The topological polar surface area (TPSA) is 99.1 Å². The second-order valence-electron chi connectivity index (χ2n) is 4.73. The van der Waals surface area contributed by atoms with Crippen LogP contribution in [0.4, 0.5) is 5.69 Å². The van der Waals surface area contributed by atoms with Gasteiger partial charge in [-0.1, -0.05) is 24.3 Å². The Morgan fingerprint density at radius 3 is 2.59 bits per heavy atom. The highest BCUT2D eigenvalue weighted by Crippen LogP contribution is 2.32. The first kappa shape index (κ1) is 13.7. The third-order valence-electron chi connectivity index (χ3n) is 3.40. The Kier molecular flexibility index (Phi) is 3.27. The molecule has 108 valence electrons. The van der Waals surface area contributed by atoms with Crippen molar-refractivity contribution in [1.82, 2.24) is 4.98 Å². The summed E-state index contributed by atoms with van der Waals surface area (Å²) < 4.78 is 0. The third kappa shape index (κ3) is 2.26. The zero-order chi connectivity index (χ0) is 15.7. The van der Waals surface area contributed by atoms with Gasteiger partial charge in [0.25, 0.3) is 5.69 Å². The van der Waals surface area contributed by atoms with Crippen molar-refractivity contribution < 1.29 is 9.72 Å². The van der Waals surface area contributed by atoms with Crippen LogP contribution in [0.3, 0.4) is 0 Å². The van der Waals surface area contributed by atoms with Crippen molar-refractivity contribution in [3.05, 3.63) is 70.4 Å². The maximum absolute atomic E-state index is 11.6. The number of amides is 1. The van der Waals surface area contributed by atoms with Gasteiger partial charge in [-0.05, 0) is 12.1 Å². The number of rotatable bonds is 3. The molecule has 6 nitrogen and oxygen atoms in total. The third-order valence-corrected chi connectivity index (χ3v) is 3.40. The van der Waals surface area contributed by atoms with Crippen molar-refractivity contribution in [3.63, 3.8) is 0 Å². The molecule has 2 N–H and O–H groups in total. The highest BCUT2D eigenvalue weighted by molar-refractivity contribution is 6.04. The average Bonchev–Trinajstić information content (AvgIpc) is 2.53. The zero-order valence-electron chi connectivity index (χ0n) is 11.4. The SMILES string of the molecule is NC(=O)c1ccc([N+](=O)[O-])cc1-c1cccc2cccnc12. The summed E-state index contributed by atoms with van der Waals surface area (Å²) in [5, 5.41) is 11.9. The maximum atomic E-state index is 11.6. The van der Waals surface area contributed by atoms with Crippen LogP contribution in [0.15, 0.2) is 54.7 Å². The number of hydrogen-bond acceptors (Lipinski definition) is 4. The molecule has 1 aromatic heterocycles. The molecule has 22 heavy (non-hydrogen) atoms. The average molecular weight is 293 g/mol. The molecule has 0 radical (unpaired) electrons. The van der Waals surface area contributed by atoms with E-state index in [0.717, 1.165) is 5.39 Å². The molecule has 0 bridgehead atoms. The summed E-state index contributed by atoms with van der Waals surface area (Å²) in [6.45, 7) is 0. The molecule has 1 amide bonds. The lowest BCUT2D eigenvalue weighted by Crippen LogP contribution is -2.12. The van der Waals surface area contributed by atoms with Crippen LogP contribution in [-0.2, 0) is 0 Å². The van der Waals surface area contributed by atoms with E-state index < -0.39 is 10.8 Å². The van der Waals surface area contributed by atoms with Gasteiger partial charge in [-0.15, -0.1) is 0 Å². The van der Waals surface area contributed by atoms with Gasteiger partial charge in [0.2, 0.25) is 5.91 Å². The number of benzene rings is 2. The first-order valence-electron chi connectivity index (χ1n) is 6.50. The van der Waals surface area contributed by atoms with Gasteiger partial charge in [-0.3, -0.25) is 19.9 Å². The number of carbonyl (C=O) groups is 1. The molecule has 0 aliphatic heterocycles. The van der Waals surface area contributed by atoms with Gasteiger partial charge in [-0.25, -0.2) is 0 Å². The van der Waals surface area contributed by atoms with Crippen LogP contribution in [0.2, 0.25) is 0 Å². The van der Waals surface area contributed by atoms with Crippen LogP contribution in [0, 0.1) is 10.1 Å². The molecule has 0 aliphatic rings. The summed E-state index contributed by atoms with van der Waals surface area (Å²) in [5.74, 6) is -0.641. The van der Waals surface area contributed by atoms with Crippen molar-refractivity contribution in [3.8, 4) is 11.1 Å². The minimum Gasteiger partial charge on any atom is -0.366 e. The van der Waals surface area contributed by atoms with Crippen LogP contribution in [-0.4, -0.2) is 15.8 Å². The second kappa shape index (κ2) is 5.25. The highest BCUT2D eigenvalue weighted by atomic mass is 16.6. The monoisotopic (exact) mass is 293 g/mol. The summed E-state index contributed by atoms with van der Waals surface area (Å²) in [4.78, 5) is 26.5. The van der Waals surface area contributed by atoms with Crippen molar-refractivity contribution in [2.24, 2.45) is 5.73 Å². The summed E-state index contributed by atoms with van der Waals surface area (Å²) in [5.41, 5.74) is 7.22. The summed E-state index contributed by atoms with van der Waals surface area (Å²) in [6.07, 6.45) is 1.63. The van der Waals surface area contributed by atoms with Crippen LogP contribution >= 0.6 is 0 Å². The van der Waals surface area contributed by atoms with Crippen LogP contribution in [0.5, 0.6) is 0 Å². The standard InChI is InChI=1S/C16H11N3O3/c17-16(20)13-7-6-11(19(21)22)9-14(13)12-5-1-3-10-4-2-8-18-15(10)12/h1-9H,(H2,17,20). The molecule has 0 unspecified atom stereocenters.